The molecule has 0 amide bonds. The first-order chi connectivity index (χ1) is 15.2. The molecule has 3 heterocycles. The summed E-state index contributed by atoms with van der Waals surface area (Å²) in [5, 5.41) is 8.16. The maximum Gasteiger partial charge on any atom is 0.231 e. The molecular formula is C23H20N4O4. The minimum absolute atomic E-state index is 0.142. The molecular weight excluding hydrogens is 396 g/mol. The summed E-state index contributed by atoms with van der Waals surface area (Å²) in [4.78, 5) is 17.7. The number of benzene rings is 2. The molecule has 8 heteroatoms. The van der Waals surface area contributed by atoms with Gasteiger partial charge >= 0.3 is 0 Å². The molecule has 0 bridgehead atoms. The number of anilines is 1. The van der Waals surface area contributed by atoms with Crippen LogP contribution in [0.25, 0.3) is 11.4 Å². The largest absolute Gasteiger partial charge is 0.497 e. The molecule has 3 aromatic rings. The number of aromatic nitrogens is 3. The minimum atomic E-state index is -0.368. The van der Waals surface area contributed by atoms with E-state index in [9.17, 15) is 4.79 Å². The highest BCUT2D eigenvalue weighted by atomic mass is 16.7. The van der Waals surface area contributed by atoms with Crippen molar-refractivity contribution >= 4 is 11.7 Å². The Morgan fingerprint density at radius 2 is 1.94 bits per heavy atom. The molecule has 0 fully saturated rings. The Kier molecular flexibility index (Phi) is 3.99. The number of nitrogens with zero attached hydrogens (tertiary/aromatic N) is 3. The van der Waals surface area contributed by atoms with Crippen LogP contribution >= 0.6 is 0 Å². The van der Waals surface area contributed by atoms with Crippen molar-refractivity contribution in [1.82, 2.24) is 14.8 Å². The third-order valence-corrected chi connectivity index (χ3v) is 5.93. The number of ether oxygens (including phenoxy) is 3. The van der Waals surface area contributed by atoms with E-state index < -0.39 is 0 Å². The summed E-state index contributed by atoms with van der Waals surface area (Å²) in [6.07, 6.45) is 2.18. The molecule has 0 radical (unpaired) electrons. The van der Waals surface area contributed by atoms with Crippen molar-refractivity contribution < 1.29 is 19.0 Å². The molecule has 1 atom stereocenters. The van der Waals surface area contributed by atoms with Crippen LogP contribution in [0.15, 0.2) is 53.7 Å². The fraction of sp³-hybridized carbons (Fsp3) is 0.261. The summed E-state index contributed by atoms with van der Waals surface area (Å²) in [7, 11) is 1.63. The van der Waals surface area contributed by atoms with Crippen molar-refractivity contribution in [1.29, 1.82) is 0 Å². The predicted molar refractivity (Wildman–Crippen MR) is 112 cm³/mol. The molecule has 0 saturated carbocycles. The highest BCUT2D eigenvalue weighted by Gasteiger charge is 2.37. The lowest BCUT2D eigenvalue weighted by Crippen LogP contribution is -2.31. The normalized spacial score (nSPS) is 19.0. The summed E-state index contributed by atoms with van der Waals surface area (Å²) in [5.41, 5.74) is 3.48. The van der Waals surface area contributed by atoms with Crippen molar-refractivity contribution in [2.45, 2.75) is 25.3 Å². The summed E-state index contributed by atoms with van der Waals surface area (Å²) >= 11 is 0. The smallest absolute Gasteiger partial charge is 0.231 e. The molecule has 0 spiro atoms. The van der Waals surface area contributed by atoms with Gasteiger partial charge in [-0.1, -0.05) is 6.07 Å². The van der Waals surface area contributed by atoms with Gasteiger partial charge in [0, 0.05) is 23.3 Å². The van der Waals surface area contributed by atoms with Crippen molar-refractivity contribution in [2.24, 2.45) is 0 Å². The number of fused-ring (bicyclic) bond motifs is 2. The van der Waals surface area contributed by atoms with E-state index in [-0.39, 0.29) is 18.6 Å². The van der Waals surface area contributed by atoms with E-state index in [1.807, 2.05) is 42.5 Å². The van der Waals surface area contributed by atoms with E-state index in [1.54, 1.807) is 11.8 Å². The van der Waals surface area contributed by atoms with E-state index in [1.165, 1.54) is 0 Å². The van der Waals surface area contributed by atoms with Crippen molar-refractivity contribution in [3.8, 4) is 28.6 Å². The Balaban J connectivity index is 1.49. The number of carbonyl (C=O) groups is 1. The first kappa shape index (κ1) is 18.0. The molecule has 2 aromatic carbocycles. The van der Waals surface area contributed by atoms with E-state index >= 15 is 0 Å². The lowest BCUT2D eigenvalue weighted by Gasteiger charge is -2.32. The van der Waals surface area contributed by atoms with Crippen LogP contribution in [0.5, 0.6) is 17.2 Å². The van der Waals surface area contributed by atoms with Gasteiger partial charge in [0.15, 0.2) is 23.1 Å². The molecule has 1 aromatic heterocycles. The quantitative estimate of drug-likeness (QED) is 0.696. The molecule has 31 heavy (non-hydrogen) atoms. The molecule has 8 nitrogen and oxygen atoms in total. The SMILES string of the molecule is COc1ccc(-c2nc3n(n2)C(c2ccc4c(c2)OCO4)C2=C(CCCC2=O)N3)cc1. The topological polar surface area (TPSA) is 87.5 Å². The second-order valence-electron chi connectivity index (χ2n) is 7.74. The average molecular weight is 416 g/mol. The van der Waals surface area contributed by atoms with Crippen LogP contribution in [0.2, 0.25) is 0 Å². The number of hydrogen-bond acceptors (Lipinski definition) is 7. The van der Waals surface area contributed by atoms with E-state index in [4.69, 9.17) is 24.3 Å². The van der Waals surface area contributed by atoms with Gasteiger partial charge in [0.1, 0.15) is 11.8 Å². The molecule has 0 saturated heterocycles. The lowest BCUT2D eigenvalue weighted by molar-refractivity contribution is -0.116. The maximum absolute atomic E-state index is 13.0. The zero-order valence-electron chi connectivity index (χ0n) is 16.9. The van der Waals surface area contributed by atoms with Crippen LogP contribution in [-0.4, -0.2) is 34.5 Å². The molecule has 6 rings (SSSR count). The zero-order valence-corrected chi connectivity index (χ0v) is 16.9. The monoisotopic (exact) mass is 416 g/mol. The number of allylic oxidation sites excluding steroid dienone is 2. The Bertz CT molecular complexity index is 1230. The Hall–Kier alpha value is -3.81. The van der Waals surface area contributed by atoms with Crippen LogP contribution < -0.4 is 19.5 Å². The van der Waals surface area contributed by atoms with Gasteiger partial charge in [0.05, 0.1) is 7.11 Å². The highest BCUT2D eigenvalue weighted by Crippen LogP contribution is 2.43. The van der Waals surface area contributed by atoms with Gasteiger partial charge in [0.2, 0.25) is 12.7 Å². The number of carbonyl (C=O) groups excluding carboxylic acids is 1. The molecule has 1 aliphatic carbocycles. The van der Waals surface area contributed by atoms with Gasteiger partial charge in [-0.3, -0.25) is 4.79 Å². The number of hydrogen-bond donors (Lipinski definition) is 1. The number of ketones is 1. The van der Waals surface area contributed by atoms with Crippen LogP contribution in [0.4, 0.5) is 5.95 Å². The van der Waals surface area contributed by atoms with Gasteiger partial charge in [-0.15, -0.1) is 5.10 Å². The maximum atomic E-state index is 13.0. The molecule has 2 aliphatic heterocycles. The second kappa shape index (κ2) is 6.87. The Labute approximate surface area is 178 Å². The summed E-state index contributed by atoms with van der Waals surface area (Å²) in [6.45, 7) is 0.202. The number of nitrogens with one attached hydrogen (secondary N) is 1. The van der Waals surface area contributed by atoms with Gasteiger partial charge in [-0.05, 0) is 54.8 Å². The number of Topliss-reactive ketones (excluding diaryl/α,β-unsaturated/α-hetero) is 1. The minimum Gasteiger partial charge on any atom is -0.497 e. The Morgan fingerprint density at radius 3 is 2.77 bits per heavy atom. The van der Waals surface area contributed by atoms with Crippen LogP contribution in [0.1, 0.15) is 30.9 Å². The number of rotatable bonds is 3. The molecule has 156 valence electrons. The first-order valence-electron chi connectivity index (χ1n) is 10.2. The highest BCUT2D eigenvalue weighted by molar-refractivity contribution is 5.99. The first-order valence-corrected chi connectivity index (χ1v) is 10.2. The van der Waals surface area contributed by atoms with Crippen LogP contribution in [-0.2, 0) is 4.79 Å². The molecule has 1 N–H and O–H groups in total. The van der Waals surface area contributed by atoms with Gasteiger partial charge in [0.25, 0.3) is 0 Å². The molecule has 1 unspecified atom stereocenters. The molecule has 3 aliphatic rings. The van der Waals surface area contributed by atoms with E-state index in [2.05, 4.69) is 5.32 Å². The standard InChI is InChI=1S/C23H20N4O4/c1-29-15-8-5-13(6-9-15)22-25-23-24-16-3-2-4-17(28)20(16)21(27(23)26-22)14-7-10-18-19(11-14)31-12-30-18/h5-11,21H,2-4,12H2,1H3,(H,24,25,26). The summed E-state index contributed by atoms with van der Waals surface area (Å²) in [6, 6.07) is 13.0. The lowest BCUT2D eigenvalue weighted by atomic mass is 9.85. The van der Waals surface area contributed by atoms with Crippen molar-refractivity contribution in [3.63, 3.8) is 0 Å². The third kappa shape index (κ3) is 2.86. The third-order valence-electron chi connectivity index (χ3n) is 5.93. The fourth-order valence-corrected chi connectivity index (χ4v) is 4.41. The van der Waals surface area contributed by atoms with Crippen molar-refractivity contribution in [3.05, 3.63) is 59.3 Å². The summed E-state index contributed by atoms with van der Waals surface area (Å²) in [5.74, 6) is 3.51. The Morgan fingerprint density at radius 1 is 1.10 bits per heavy atom. The second-order valence-corrected chi connectivity index (χ2v) is 7.74. The van der Waals surface area contributed by atoms with Crippen molar-refractivity contribution in [2.75, 3.05) is 19.2 Å². The van der Waals surface area contributed by atoms with E-state index in [0.717, 1.165) is 41.0 Å². The van der Waals surface area contributed by atoms with E-state index in [0.29, 0.717) is 29.7 Å². The van der Waals surface area contributed by atoms with Gasteiger partial charge < -0.3 is 19.5 Å². The summed E-state index contributed by atoms with van der Waals surface area (Å²) < 4.78 is 18.1. The number of methoxy groups -OCH3 is 1. The fourth-order valence-electron chi connectivity index (χ4n) is 4.41. The average Bonchev–Trinajstić information content (AvgIpc) is 3.44. The zero-order chi connectivity index (χ0) is 20.9. The van der Waals surface area contributed by atoms with Crippen LogP contribution in [0.3, 0.4) is 0 Å². The van der Waals surface area contributed by atoms with Gasteiger partial charge in [-0.25, -0.2) is 4.68 Å². The van der Waals surface area contributed by atoms with Crippen LogP contribution in [0, 0.1) is 0 Å². The predicted octanol–water partition coefficient (Wildman–Crippen LogP) is 3.70. The van der Waals surface area contributed by atoms with Gasteiger partial charge in [-0.2, -0.15) is 4.98 Å².